The van der Waals surface area contributed by atoms with E-state index in [4.69, 9.17) is 27.4 Å². The van der Waals surface area contributed by atoms with Crippen LogP contribution < -0.4 is 21.8 Å². The predicted molar refractivity (Wildman–Crippen MR) is 116 cm³/mol. The van der Waals surface area contributed by atoms with Gasteiger partial charge in [-0.05, 0) is 50.5 Å². The highest BCUT2D eigenvalue weighted by atomic mass is 16.4. The first-order chi connectivity index (χ1) is 14.7. The molecule has 9 heteroatoms. The number of aryl methyl sites for hydroxylation is 3. The minimum absolute atomic E-state index is 0.294. The molecule has 31 heavy (non-hydrogen) atoms. The molecule has 0 amide bonds. The second kappa shape index (κ2) is 13.8. The first kappa shape index (κ1) is 26.7. The van der Waals surface area contributed by atoms with Crippen molar-refractivity contribution in [2.75, 3.05) is 0 Å². The summed E-state index contributed by atoms with van der Waals surface area (Å²) in [6.07, 6.45) is 10.3. The number of unbranched alkanes of at least 4 members (excludes halogenated alkanes) is 1. The third-order valence-corrected chi connectivity index (χ3v) is 5.41. The van der Waals surface area contributed by atoms with Crippen molar-refractivity contribution in [3.05, 3.63) is 29.1 Å². The smallest absolute Gasteiger partial charge is 0.320 e. The third-order valence-electron chi connectivity index (χ3n) is 5.41. The lowest BCUT2D eigenvalue weighted by Crippen LogP contribution is -2.36. The number of aromatic nitrogens is 1. The predicted octanol–water partition coefficient (Wildman–Crippen LogP) is 0.312. The topological polar surface area (TPSA) is 174 Å². The third kappa shape index (κ3) is 9.54. The van der Waals surface area contributed by atoms with E-state index in [1.807, 2.05) is 12.4 Å². The standard InChI is InChI=1S/C22H36N4O5/c1-2-3-11-26-12-15(7-9-19(24)21(28)29)18(6-4-5-17(23)14-27)16(13-26)8-10-20(25)22(30)31/h12-14,17,19-20H,2-11,23-25H2,1H3,(H-,28,29,30,31)/p+1. The number of carboxylic acid groups (broad SMARTS) is 2. The summed E-state index contributed by atoms with van der Waals surface area (Å²) < 4.78 is 2.08. The Hall–Kier alpha value is -2.36. The Morgan fingerprint density at radius 2 is 1.45 bits per heavy atom. The molecule has 1 aromatic rings. The first-order valence-electron chi connectivity index (χ1n) is 10.9. The van der Waals surface area contributed by atoms with Gasteiger partial charge in [0.1, 0.15) is 24.9 Å². The SMILES string of the molecule is CCCC[n+]1cc(CCC(N)C(=O)O)c(CCCC(N)C=O)c(CCC(N)C(=O)O)c1. The van der Waals surface area contributed by atoms with Crippen molar-refractivity contribution >= 4 is 18.2 Å². The fraction of sp³-hybridized carbons (Fsp3) is 0.636. The van der Waals surface area contributed by atoms with Gasteiger partial charge < -0.3 is 32.2 Å². The summed E-state index contributed by atoms with van der Waals surface area (Å²) in [6.45, 7) is 2.91. The minimum Gasteiger partial charge on any atom is -0.480 e. The van der Waals surface area contributed by atoms with E-state index in [-0.39, 0.29) is 0 Å². The molecule has 8 N–H and O–H groups in total. The van der Waals surface area contributed by atoms with Crippen molar-refractivity contribution in [2.45, 2.75) is 89.4 Å². The number of pyridine rings is 1. The van der Waals surface area contributed by atoms with E-state index in [1.54, 1.807) is 0 Å². The number of rotatable bonds is 16. The highest BCUT2D eigenvalue weighted by Gasteiger charge is 2.21. The van der Waals surface area contributed by atoms with E-state index in [9.17, 15) is 14.4 Å². The second-order valence-electron chi connectivity index (χ2n) is 8.04. The summed E-state index contributed by atoms with van der Waals surface area (Å²) in [5.74, 6) is -2.08. The highest BCUT2D eigenvalue weighted by molar-refractivity contribution is 5.73. The molecule has 0 aromatic carbocycles. The van der Waals surface area contributed by atoms with Gasteiger partial charge in [0.15, 0.2) is 12.4 Å². The molecular formula is C22H37N4O5+. The maximum absolute atomic E-state index is 11.2. The van der Waals surface area contributed by atoms with E-state index >= 15 is 0 Å². The van der Waals surface area contributed by atoms with Gasteiger partial charge in [-0.1, -0.05) is 13.3 Å². The molecular weight excluding hydrogens is 400 g/mol. The highest BCUT2D eigenvalue weighted by Crippen LogP contribution is 2.20. The zero-order chi connectivity index (χ0) is 23.4. The lowest BCUT2D eigenvalue weighted by Gasteiger charge is -2.16. The number of carboxylic acids is 2. The molecule has 174 valence electrons. The van der Waals surface area contributed by atoms with Gasteiger partial charge in [-0.25, -0.2) is 4.57 Å². The number of carbonyl (C=O) groups is 3. The molecule has 3 atom stereocenters. The van der Waals surface area contributed by atoms with Crippen molar-refractivity contribution in [3.8, 4) is 0 Å². The van der Waals surface area contributed by atoms with Crippen molar-refractivity contribution in [1.29, 1.82) is 0 Å². The number of hydrogen-bond donors (Lipinski definition) is 5. The Morgan fingerprint density at radius 3 is 1.87 bits per heavy atom. The molecule has 0 fully saturated rings. The molecule has 3 unspecified atom stereocenters. The van der Waals surface area contributed by atoms with Crippen molar-refractivity contribution in [1.82, 2.24) is 0 Å². The van der Waals surface area contributed by atoms with Crippen LogP contribution in [0.2, 0.25) is 0 Å². The van der Waals surface area contributed by atoms with Gasteiger partial charge >= 0.3 is 11.9 Å². The van der Waals surface area contributed by atoms with Crippen molar-refractivity contribution in [2.24, 2.45) is 17.2 Å². The minimum atomic E-state index is -1.04. The molecule has 0 aliphatic rings. The number of aldehydes is 1. The maximum Gasteiger partial charge on any atom is 0.320 e. The Labute approximate surface area is 183 Å². The average Bonchev–Trinajstić information content (AvgIpc) is 2.74. The molecule has 1 rings (SSSR count). The van der Waals surface area contributed by atoms with Crippen LogP contribution in [0.15, 0.2) is 12.4 Å². The molecule has 0 radical (unpaired) electrons. The van der Waals surface area contributed by atoms with Crippen molar-refractivity contribution in [3.63, 3.8) is 0 Å². The van der Waals surface area contributed by atoms with Crippen LogP contribution in [0, 0.1) is 0 Å². The molecule has 0 aliphatic heterocycles. The molecule has 0 saturated heterocycles. The van der Waals surface area contributed by atoms with E-state index in [1.165, 1.54) is 0 Å². The molecule has 1 aromatic heterocycles. The normalized spacial score (nSPS) is 14.1. The van der Waals surface area contributed by atoms with Crippen molar-refractivity contribution < 1.29 is 29.2 Å². The summed E-state index contributed by atoms with van der Waals surface area (Å²) >= 11 is 0. The Bertz CT molecular complexity index is 696. The summed E-state index contributed by atoms with van der Waals surface area (Å²) in [4.78, 5) is 33.2. The van der Waals surface area contributed by atoms with Crippen LogP contribution >= 0.6 is 0 Å². The van der Waals surface area contributed by atoms with Gasteiger partial charge in [0.2, 0.25) is 0 Å². The zero-order valence-corrected chi connectivity index (χ0v) is 18.3. The largest absolute Gasteiger partial charge is 0.480 e. The van der Waals surface area contributed by atoms with E-state index in [2.05, 4.69) is 11.5 Å². The molecule has 0 spiro atoms. The molecule has 1 heterocycles. The number of nitrogens with two attached hydrogens (primary N) is 3. The Kier molecular flexibility index (Phi) is 11.9. The Morgan fingerprint density at radius 1 is 0.935 bits per heavy atom. The monoisotopic (exact) mass is 437 g/mol. The van der Waals surface area contributed by atoms with Crippen LogP contribution in [-0.4, -0.2) is 46.6 Å². The molecule has 0 saturated carbocycles. The second-order valence-corrected chi connectivity index (χ2v) is 8.04. The lowest BCUT2D eigenvalue weighted by atomic mass is 9.91. The maximum atomic E-state index is 11.2. The average molecular weight is 438 g/mol. The van der Waals surface area contributed by atoms with Gasteiger partial charge in [0.05, 0.1) is 6.04 Å². The van der Waals surface area contributed by atoms with E-state index in [0.29, 0.717) is 44.9 Å². The molecule has 9 nitrogen and oxygen atoms in total. The van der Waals surface area contributed by atoms with Crippen LogP contribution in [0.1, 0.15) is 62.1 Å². The van der Waals surface area contributed by atoms with Gasteiger partial charge in [-0.15, -0.1) is 0 Å². The first-order valence-corrected chi connectivity index (χ1v) is 10.9. The summed E-state index contributed by atoms with van der Waals surface area (Å²) in [5, 5.41) is 18.3. The molecule has 0 aliphatic carbocycles. The summed E-state index contributed by atoms with van der Waals surface area (Å²) in [7, 11) is 0. The van der Waals surface area contributed by atoms with Crippen LogP contribution in [0.25, 0.3) is 0 Å². The van der Waals surface area contributed by atoms with Gasteiger partial charge in [-0.3, -0.25) is 9.59 Å². The van der Waals surface area contributed by atoms with Crippen LogP contribution in [-0.2, 0) is 40.2 Å². The van der Waals surface area contributed by atoms with E-state index < -0.39 is 30.1 Å². The van der Waals surface area contributed by atoms with Crippen LogP contribution in [0.4, 0.5) is 0 Å². The summed E-state index contributed by atoms with van der Waals surface area (Å²) in [6, 6.07) is -2.43. The molecule has 0 bridgehead atoms. The van der Waals surface area contributed by atoms with Crippen LogP contribution in [0.5, 0.6) is 0 Å². The van der Waals surface area contributed by atoms with Gasteiger partial charge in [0.25, 0.3) is 0 Å². The fourth-order valence-corrected chi connectivity index (χ4v) is 3.47. The number of carbonyl (C=O) groups excluding carboxylic acids is 1. The number of aliphatic carboxylic acids is 2. The quantitative estimate of drug-likeness (QED) is 0.181. The van der Waals surface area contributed by atoms with Gasteiger partial charge in [0, 0.05) is 17.5 Å². The fourth-order valence-electron chi connectivity index (χ4n) is 3.47. The number of nitrogens with zero attached hydrogens (tertiary/aromatic N) is 1. The summed E-state index contributed by atoms with van der Waals surface area (Å²) in [5.41, 5.74) is 20.2. The number of hydrogen-bond acceptors (Lipinski definition) is 6. The van der Waals surface area contributed by atoms with Crippen LogP contribution in [0.3, 0.4) is 0 Å². The van der Waals surface area contributed by atoms with E-state index in [0.717, 1.165) is 42.4 Å². The van der Waals surface area contributed by atoms with Gasteiger partial charge in [-0.2, -0.15) is 0 Å². The zero-order valence-electron chi connectivity index (χ0n) is 18.3. The lowest BCUT2D eigenvalue weighted by molar-refractivity contribution is -0.698. The Balaban J connectivity index is 3.23.